The van der Waals surface area contributed by atoms with Gasteiger partial charge in [-0.15, -0.1) is 0 Å². The van der Waals surface area contributed by atoms with Crippen LogP contribution in [0.15, 0.2) is 55.0 Å². The van der Waals surface area contributed by atoms with Crippen molar-refractivity contribution in [1.82, 2.24) is 24.8 Å². The second kappa shape index (κ2) is 13.6. The zero-order valence-electron chi connectivity index (χ0n) is 21.9. The molecule has 2 aliphatic rings. The Balaban J connectivity index is 0.000000303. The number of aliphatic carboxylic acids is 2. The van der Waals surface area contributed by atoms with Crippen molar-refractivity contribution in [1.29, 1.82) is 0 Å². The number of carboxylic acid groups (broad SMARTS) is 2. The van der Waals surface area contributed by atoms with Crippen LogP contribution < -0.4 is 5.32 Å². The van der Waals surface area contributed by atoms with E-state index >= 15 is 0 Å². The predicted molar refractivity (Wildman–Crippen MR) is 133 cm³/mol. The molecule has 1 saturated heterocycles. The highest BCUT2D eigenvalue weighted by Gasteiger charge is 2.42. The molecule has 0 spiro atoms. The number of hydrogen-bond donors (Lipinski definition) is 3. The number of benzene rings is 1. The van der Waals surface area contributed by atoms with Gasteiger partial charge in [-0.3, -0.25) is 14.7 Å². The SMILES string of the molecule is O=C(NCc1cccnc1)c1ncc2n1CC1CN(Cc3ccc(F)cc3)CC21.O=C(O)C(F)(F)F.O=C(O)C(F)(F)F. The van der Waals surface area contributed by atoms with Crippen LogP contribution in [0.4, 0.5) is 30.7 Å². The third-order valence-electron chi connectivity index (χ3n) is 6.38. The first-order valence-corrected chi connectivity index (χ1v) is 12.4. The average molecular weight is 619 g/mol. The summed E-state index contributed by atoms with van der Waals surface area (Å²) in [5.41, 5.74) is 3.22. The van der Waals surface area contributed by atoms with Gasteiger partial charge in [0.2, 0.25) is 0 Å². The van der Waals surface area contributed by atoms with Gasteiger partial charge >= 0.3 is 24.3 Å². The number of halogens is 7. The Hall–Kier alpha value is -4.54. The van der Waals surface area contributed by atoms with Crippen molar-refractivity contribution in [2.75, 3.05) is 13.1 Å². The molecule has 3 N–H and O–H groups in total. The van der Waals surface area contributed by atoms with Crippen LogP contribution in [0.5, 0.6) is 0 Å². The van der Waals surface area contributed by atoms with Crippen LogP contribution in [0, 0.1) is 11.7 Å². The Labute approximate surface area is 238 Å². The zero-order valence-corrected chi connectivity index (χ0v) is 21.9. The number of aromatic nitrogens is 3. The maximum absolute atomic E-state index is 13.1. The number of carbonyl (C=O) groups excluding carboxylic acids is 1. The van der Waals surface area contributed by atoms with Crippen molar-refractivity contribution in [2.45, 2.75) is 37.9 Å². The van der Waals surface area contributed by atoms with Crippen LogP contribution in [0.25, 0.3) is 0 Å². The number of likely N-dealkylation sites (tertiary alicyclic amines) is 1. The lowest BCUT2D eigenvalue weighted by molar-refractivity contribution is -0.193. The van der Waals surface area contributed by atoms with Gasteiger partial charge < -0.3 is 20.1 Å². The number of pyridine rings is 1. The summed E-state index contributed by atoms with van der Waals surface area (Å²) in [6.07, 6.45) is -4.85. The number of imidazole rings is 1. The number of amides is 1. The summed E-state index contributed by atoms with van der Waals surface area (Å²) >= 11 is 0. The number of carbonyl (C=O) groups is 3. The van der Waals surface area contributed by atoms with E-state index in [-0.39, 0.29) is 11.7 Å². The summed E-state index contributed by atoms with van der Waals surface area (Å²) in [4.78, 5) is 41.3. The number of hydrogen-bond acceptors (Lipinski definition) is 6. The fraction of sp³-hybridized carbons (Fsp3) is 0.346. The minimum Gasteiger partial charge on any atom is -0.475 e. The normalized spacial score (nSPS) is 17.5. The first-order valence-electron chi connectivity index (χ1n) is 12.4. The van der Waals surface area contributed by atoms with Gasteiger partial charge in [0.15, 0.2) is 5.82 Å². The summed E-state index contributed by atoms with van der Waals surface area (Å²) in [6.45, 7) is 3.98. The van der Waals surface area contributed by atoms with E-state index < -0.39 is 24.3 Å². The number of nitrogens with one attached hydrogen (secondary N) is 1. The third kappa shape index (κ3) is 9.22. The minimum atomic E-state index is -5.08. The van der Waals surface area contributed by atoms with Crippen LogP contribution in [0.3, 0.4) is 0 Å². The van der Waals surface area contributed by atoms with Gasteiger partial charge in [0.1, 0.15) is 5.82 Å². The molecule has 1 amide bonds. The van der Waals surface area contributed by atoms with E-state index in [0.29, 0.717) is 24.2 Å². The fourth-order valence-corrected chi connectivity index (χ4v) is 4.51. The molecule has 2 aliphatic heterocycles. The molecular formula is C26H24F7N5O5. The lowest BCUT2D eigenvalue weighted by atomic mass is 9.98. The smallest absolute Gasteiger partial charge is 0.475 e. The number of nitrogens with zero attached hydrogens (tertiary/aromatic N) is 4. The molecule has 3 aromatic rings. The maximum Gasteiger partial charge on any atom is 0.490 e. The molecule has 232 valence electrons. The highest BCUT2D eigenvalue weighted by Crippen LogP contribution is 2.40. The molecular weight excluding hydrogens is 595 g/mol. The molecule has 1 aromatic carbocycles. The van der Waals surface area contributed by atoms with Crippen LogP contribution in [0.1, 0.15) is 33.4 Å². The van der Waals surface area contributed by atoms with Crippen molar-refractivity contribution >= 4 is 17.8 Å². The van der Waals surface area contributed by atoms with E-state index in [9.17, 15) is 35.5 Å². The highest BCUT2D eigenvalue weighted by molar-refractivity contribution is 5.91. The zero-order chi connectivity index (χ0) is 31.9. The van der Waals surface area contributed by atoms with Crippen LogP contribution in [-0.4, -0.2) is 72.9 Å². The van der Waals surface area contributed by atoms with Gasteiger partial charge in [-0.25, -0.2) is 19.0 Å². The van der Waals surface area contributed by atoms with Gasteiger partial charge in [0.05, 0.1) is 0 Å². The molecule has 1 fully saturated rings. The van der Waals surface area contributed by atoms with Crippen LogP contribution in [-0.2, 0) is 29.2 Å². The van der Waals surface area contributed by atoms with Gasteiger partial charge in [0.25, 0.3) is 5.91 Å². The van der Waals surface area contributed by atoms with E-state index in [1.165, 1.54) is 12.1 Å². The number of fused-ring (bicyclic) bond motifs is 3. The van der Waals surface area contributed by atoms with Crippen molar-refractivity contribution in [3.8, 4) is 0 Å². The lowest BCUT2D eigenvalue weighted by Gasteiger charge is -2.17. The van der Waals surface area contributed by atoms with Crippen molar-refractivity contribution in [2.24, 2.45) is 5.92 Å². The molecule has 2 unspecified atom stereocenters. The Kier molecular flexibility index (Phi) is 10.4. The van der Waals surface area contributed by atoms with Crippen LogP contribution in [0.2, 0.25) is 0 Å². The van der Waals surface area contributed by atoms with E-state index in [1.54, 1.807) is 12.4 Å². The van der Waals surface area contributed by atoms with E-state index in [4.69, 9.17) is 19.8 Å². The fourth-order valence-electron chi connectivity index (χ4n) is 4.51. The first kappa shape index (κ1) is 33.0. The topological polar surface area (TPSA) is 138 Å². The molecule has 17 heteroatoms. The van der Waals surface area contributed by atoms with Crippen molar-refractivity contribution in [3.63, 3.8) is 0 Å². The highest BCUT2D eigenvalue weighted by atomic mass is 19.4. The molecule has 2 atom stereocenters. The molecule has 0 radical (unpaired) electrons. The van der Waals surface area contributed by atoms with Gasteiger partial charge in [-0.05, 0) is 35.2 Å². The van der Waals surface area contributed by atoms with E-state index in [1.807, 2.05) is 30.5 Å². The standard InChI is InChI=1S/C22H22FN5O.2C2HF3O2/c23-18-5-3-15(4-6-18)11-27-12-17-13-28-20(19(17)14-27)10-25-21(28)22(29)26-9-16-2-1-7-24-8-16;2*3-2(4,5)1(6)7/h1-8,10,17,19H,9,11-14H2,(H,26,29);2*(H,6,7). The Bertz CT molecular complexity index is 1390. The van der Waals surface area contributed by atoms with Gasteiger partial charge in [0, 0.05) is 62.9 Å². The second-order valence-corrected chi connectivity index (χ2v) is 9.45. The molecule has 0 aliphatic carbocycles. The van der Waals surface area contributed by atoms with Gasteiger partial charge in [-0.2, -0.15) is 26.3 Å². The van der Waals surface area contributed by atoms with Crippen molar-refractivity contribution in [3.05, 3.63) is 83.5 Å². The van der Waals surface area contributed by atoms with E-state index in [0.717, 1.165) is 43.0 Å². The number of carboxylic acids is 2. The third-order valence-corrected chi connectivity index (χ3v) is 6.38. The molecule has 4 heterocycles. The molecule has 0 bridgehead atoms. The summed E-state index contributed by atoms with van der Waals surface area (Å²) < 4.78 is 78.7. The molecule has 2 aromatic heterocycles. The summed E-state index contributed by atoms with van der Waals surface area (Å²) in [5.74, 6) is -4.50. The summed E-state index contributed by atoms with van der Waals surface area (Å²) in [5, 5.41) is 17.2. The Morgan fingerprint density at radius 1 is 0.884 bits per heavy atom. The predicted octanol–water partition coefficient (Wildman–Crippen LogP) is 3.84. The first-order chi connectivity index (χ1) is 20.1. The molecule has 5 rings (SSSR count). The molecule has 43 heavy (non-hydrogen) atoms. The average Bonchev–Trinajstić information content (AvgIpc) is 3.60. The van der Waals surface area contributed by atoms with Crippen molar-refractivity contribution < 1.29 is 55.3 Å². The quantitative estimate of drug-likeness (QED) is 0.367. The molecule has 0 saturated carbocycles. The van der Waals surface area contributed by atoms with Gasteiger partial charge in [-0.1, -0.05) is 18.2 Å². The minimum absolute atomic E-state index is 0.150. The number of alkyl halides is 6. The monoisotopic (exact) mass is 619 g/mol. The second-order valence-electron chi connectivity index (χ2n) is 9.45. The molecule has 10 nitrogen and oxygen atoms in total. The van der Waals surface area contributed by atoms with E-state index in [2.05, 4.69) is 24.8 Å². The Morgan fingerprint density at radius 3 is 2.02 bits per heavy atom. The summed E-state index contributed by atoms with van der Waals surface area (Å²) in [6, 6.07) is 10.5. The summed E-state index contributed by atoms with van der Waals surface area (Å²) in [7, 11) is 0. The maximum atomic E-state index is 13.1. The Morgan fingerprint density at radius 2 is 1.49 bits per heavy atom. The number of rotatable bonds is 5. The largest absolute Gasteiger partial charge is 0.490 e. The van der Waals surface area contributed by atoms with Crippen LogP contribution >= 0.6 is 0 Å². The lowest BCUT2D eigenvalue weighted by Crippen LogP contribution is -2.27.